The highest BCUT2D eigenvalue weighted by Gasteiger charge is 2.33. The van der Waals surface area contributed by atoms with E-state index < -0.39 is 4.99 Å². The molecule has 1 aliphatic rings. The Bertz CT molecular complexity index is 490. The summed E-state index contributed by atoms with van der Waals surface area (Å²) in [5, 5.41) is 0. The number of hydrogen-bond donors (Lipinski definition) is 0. The van der Waals surface area contributed by atoms with Crippen LogP contribution < -0.4 is 0 Å². The molecular formula is C15H16N2S. The fourth-order valence-corrected chi connectivity index (χ4v) is 2.75. The Morgan fingerprint density at radius 1 is 1.17 bits per heavy atom. The summed E-state index contributed by atoms with van der Waals surface area (Å²) < 4.78 is 0. The highest BCUT2D eigenvalue weighted by molar-refractivity contribution is 8.00. The van der Waals surface area contributed by atoms with Crippen LogP contribution in [-0.2, 0) is 4.99 Å². The average molecular weight is 256 g/mol. The number of thioether (sulfide) groups is 1. The summed E-state index contributed by atoms with van der Waals surface area (Å²) >= 11 is 1.68. The van der Waals surface area contributed by atoms with E-state index in [2.05, 4.69) is 30.3 Å². The second-order valence-electron chi connectivity index (χ2n) is 3.93. The van der Waals surface area contributed by atoms with Gasteiger partial charge in [-0.1, -0.05) is 54.2 Å². The van der Waals surface area contributed by atoms with Crippen molar-refractivity contribution in [1.29, 1.82) is 0 Å². The average Bonchev–Trinajstić information content (AvgIpc) is 2.83. The zero-order chi connectivity index (χ0) is 12.8. The van der Waals surface area contributed by atoms with Crippen molar-refractivity contribution < 1.29 is 0 Å². The van der Waals surface area contributed by atoms with Gasteiger partial charge in [-0.3, -0.25) is 0 Å². The van der Waals surface area contributed by atoms with Crippen LogP contribution in [0.5, 0.6) is 0 Å². The van der Waals surface area contributed by atoms with Crippen LogP contribution in [0, 0.1) is 0 Å². The number of nitrogens with zero attached hydrogens (tertiary/aromatic N) is 2. The molecule has 0 radical (unpaired) electrons. The van der Waals surface area contributed by atoms with Crippen molar-refractivity contribution in [2.24, 2.45) is 9.98 Å². The van der Waals surface area contributed by atoms with Gasteiger partial charge in [-0.2, -0.15) is 0 Å². The normalized spacial score (nSPS) is 21.7. The molecule has 1 aliphatic heterocycles. The lowest BCUT2D eigenvalue weighted by Crippen LogP contribution is -2.14. The van der Waals surface area contributed by atoms with Gasteiger partial charge in [-0.05, 0) is 0 Å². The van der Waals surface area contributed by atoms with E-state index in [0.29, 0.717) is 0 Å². The molecule has 0 amide bonds. The molecule has 0 saturated heterocycles. The van der Waals surface area contributed by atoms with E-state index in [4.69, 9.17) is 4.99 Å². The maximum atomic E-state index is 4.76. The fourth-order valence-electron chi connectivity index (χ4n) is 1.78. The number of allylic oxidation sites excluding steroid dienone is 1. The SMILES string of the molecule is C=CCSC1(c2ccccc2)N=CC(CC=C)=N1. The first-order valence-corrected chi connectivity index (χ1v) is 6.84. The highest BCUT2D eigenvalue weighted by atomic mass is 32.2. The molecule has 1 aromatic carbocycles. The first-order chi connectivity index (χ1) is 8.80. The largest absolute Gasteiger partial charge is 0.247 e. The van der Waals surface area contributed by atoms with Crippen molar-refractivity contribution in [3.63, 3.8) is 0 Å². The third-order valence-corrected chi connectivity index (χ3v) is 3.83. The Morgan fingerprint density at radius 2 is 1.94 bits per heavy atom. The molecule has 0 bridgehead atoms. The second kappa shape index (κ2) is 5.83. The maximum absolute atomic E-state index is 4.76. The smallest absolute Gasteiger partial charge is 0.223 e. The van der Waals surface area contributed by atoms with Crippen LogP contribution in [0.1, 0.15) is 12.0 Å². The quantitative estimate of drug-likeness (QED) is 0.710. The van der Waals surface area contributed by atoms with Crippen LogP contribution in [0.15, 0.2) is 65.6 Å². The third-order valence-electron chi connectivity index (χ3n) is 2.59. The molecular weight excluding hydrogens is 240 g/mol. The first-order valence-electron chi connectivity index (χ1n) is 5.86. The zero-order valence-electron chi connectivity index (χ0n) is 10.2. The van der Waals surface area contributed by atoms with E-state index in [1.165, 1.54) is 0 Å². The highest BCUT2D eigenvalue weighted by Crippen LogP contribution is 2.41. The van der Waals surface area contributed by atoms with Gasteiger partial charge in [0.15, 0.2) is 0 Å². The molecule has 0 aromatic heterocycles. The molecule has 2 nitrogen and oxygen atoms in total. The van der Waals surface area contributed by atoms with Crippen molar-refractivity contribution in [3.05, 3.63) is 61.2 Å². The maximum Gasteiger partial charge on any atom is 0.223 e. The van der Waals surface area contributed by atoms with Crippen molar-refractivity contribution in [1.82, 2.24) is 0 Å². The van der Waals surface area contributed by atoms with Crippen LogP contribution in [0.2, 0.25) is 0 Å². The summed E-state index contributed by atoms with van der Waals surface area (Å²) in [6.45, 7) is 7.51. The summed E-state index contributed by atoms with van der Waals surface area (Å²) in [5.74, 6) is 0.817. The molecule has 0 aliphatic carbocycles. The van der Waals surface area contributed by atoms with Gasteiger partial charge in [-0.15, -0.1) is 13.2 Å². The molecule has 92 valence electrons. The van der Waals surface area contributed by atoms with Crippen molar-refractivity contribution in [2.75, 3.05) is 5.75 Å². The lowest BCUT2D eigenvalue weighted by molar-refractivity contribution is 0.721. The number of benzene rings is 1. The van der Waals surface area contributed by atoms with Crippen LogP contribution in [0.4, 0.5) is 0 Å². The minimum Gasteiger partial charge on any atom is -0.247 e. The molecule has 0 N–H and O–H groups in total. The van der Waals surface area contributed by atoms with Crippen LogP contribution in [0.25, 0.3) is 0 Å². The molecule has 18 heavy (non-hydrogen) atoms. The summed E-state index contributed by atoms with van der Waals surface area (Å²) in [6.07, 6.45) is 6.34. The van der Waals surface area contributed by atoms with Gasteiger partial charge < -0.3 is 0 Å². The molecule has 1 atom stereocenters. The Balaban J connectivity index is 2.34. The number of rotatable bonds is 6. The van der Waals surface area contributed by atoms with E-state index in [-0.39, 0.29) is 0 Å². The summed E-state index contributed by atoms with van der Waals surface area (Å²) in [6, 6.07) is 10.2. The van der Waals surface area contributed by atoms with Gasteiger partial charge in [0.1, 0.15) is 0 Å². The molecule has 1 unspecified atom stereocenters. The summed E-state index contributed by atoms with van der Waals surface area (Å²) in [7, 11) is 0. The van der Waals surface area contributed by atoms with Crippen molar-refractivity contribution >= 4 is 23.7 Å². The monoisotopic (exact) mass is 256 g/mol. The predicted octanol–water partition coefficient (Wildman–Crippen LogP) is 3.82. The van der Waals surface area contributed by atoms with Crippen LogP contribution >= 0.6 is 11.8 Å². The Labute approximate surface area is 112 Å². The molecule has 2 rings (SSSR count). The topological polar surface area (TPSA) is 24.7 Å². The van der Waals surface area contributed by atoms with E-state index in [1.54, 1.807) is 11.8 Å². The zero-order valence-corrected chi connectivity index (χ0v) is 11.1. The van der Waals surface area contributed by atoms with Gasteiger partial charge in [0.25, 0.3) is 0 Å². The molecule has 0 spiro atoms. The molecule has 1 heterocycles. The van der Waals surface area contributed by atoms with Gasteiger partial charge in [0, 0.05) is 24.0 Å². The van der Waals surface area contributed by atoms with Gasteiger partial charge in [0.05, 0.1) is 5.71 Å². The van der Waals surface area contributed by atoms with Gasteiger partial charge >= 0.3 is 0 Å². The number of aliphatic imine (C=N–C) groups is 2. The lowest BCUT2D eigenvalue weighted by Gasteiger charge is -2.22. The fraction of sp³-hybridized carbons (Fsp3) is 0.200. The predicted molar refractivity (Wildman–Crippen MR) is 81.5 cm³/mol. The summed E-state index contributed by atoms with van der Waals surface area (Å²) in [5.41, 5.74) is 2.08. The molecule has 0 fully saturated rings. The third kappa shape index (κ3) is 2.62. The second-order valence-corrected chi connectivity index (χ2v) is 5.12. The van der Waals surface area contributed by atoms with Crippen molar-refractivity contribution in [2.45, 2.75) is 11.4 Å². The standard InChI is InChI=1S/C15H16N2S/c1-3-8-14-12-16-15(17-14,18-11-4-2)13-9-6-5-7-10-13/h3-7,9-10,12H,1-2,8,11H2. The molecule has 3 heteroatoms. The minimum absolute atomic E-state index is 0.534. The van der Waals surface area contributed by atoms with Crippen molar-refractivity contribution in [3.8, 4) is 0 Å². The summed E-state index contributed by atoms with van der Waals surface area (Å²) in [4.78, 5) is 8.84. The minimum atomic E-state index is -0.534. The van der Waals surface area contributed by atoms with E-state index in [9.17, 15) is 0 Å². The number of hydrogen-bond acceptors (Lipinski definition) is 3. The van der Waals surface area contributed by atoms with E-state index >= 15 is 0 Å². The molecule has 1 aromatic rings. The first kappa shape index (κ1) is 12.8. The van der Waals surface area contributed by atoms with Crippen LogP contribution in [0.3, 0.4) is 0 Å². The Kier molecular flexibility index (Phi) is 4.15. The Morgan fingerprint density at radius 3 is 2.61 bits per heavy atom. The van der Waals surface area contributed by atoms with Gasteiger partial charge in [0.2, 0.25) is 4.99 Å². The van der Waals surface area contributed by atoms with E-state index in [1.807, 2.05) is 36.6 Å². The lowest BCUT2D eigenvalue weighted by atomic mass is 10.2. The van der Waals surface area contributed by atoms with Crippen LogP contribution in [-0.4, -0.2) is 17.7 Å². The molecule has 0 saturated carbocycles. The Hall–Kier alpha value is -1.61. The van der Waals surface area contributed by atoms with Gasteiger partial charge in [-0.25, -0.2) is 9.98 Å². The van der Waals surface area contributed by atoms with E-state index in [0.717, 1.165) is 23.4 Å².